The predicted molar refractivity (Wildman–Crippen MR) is 111 cm³/mol. The number of carbonyl (C=O) groups excluding carboxylic acids is 2. The average Bonchev–Trinajstić information content (AvgIpc) is 2.72. The molecule has 0 aliphatic carbocycles. The second kappa shape index (κ2) is 8.88. The molecule has 2 aromatic rings. The molecule has 1 aliphatic heterocycles. The van der Waals surface area contributed by atoms with E-state index >= 15 is 0 Å². The van der Waals surface area contributed by atoms with Crippen LogP contribution in [0.25, 0.3) is 0 Å². The summed E-state index contributed by atoms with van der Waals surface area (Å²) in [7, 11) is -3.58. The third-order valence-corrected chi connectivity index (χ3v) is 7.26. The van der Waals surface area contributed by atoms with Gasteiger partial charge in [-0.1, -0.05) is 48.0 Å². The lowest BCUT2D eigenvalue weighted by molar-refractivity contribution is -0.132. The molecule has 3 rings (SSSR count). The molecule has 1 aliphatic rings. The molecule has 1 fully saturated rings. The molecule has 0 atom stereocenters. The number of sulfonamides is 1. The van der Waals surface area contributed by atoms with Gasteiger partial charge in [0.25, 0.3) is 0 Å². The Morgan fingerprint density at radius 2 is 1.55 bits per heavy atom. The van der Waals surface area contributed by atoms with E-state index in [2.05, 4.69) is 0 Å². The van der Waals surface area contributed by atoms with Gasteiger partial charge < -0.3 is 4.90 Å². The normalized spacial score (nSPS) is 15.3. The SMILES string of the molecule is Cc1ccc(S(=O)(=O)N2CCN(C(=O)CCC(=O)c3ccccc3)CC2)c(C)c1. The first kappa shape index (κ1) is 21.2. The Morgan fingerprint density at radius 3 is 2.17 bits per heavy atom. The van der Waals surface area contributed by atoms with Crippen LogP contribution < -0.4 is 0 Å². The van der Waals surface area contributed by atoms with Crippen LogP contribution in [-0.2, 0) is 14.8 Å². The number of hydrogen-bond donors (Lipinski definition) is 0. The van der Waals surface area contributed by atoms with E-state index in [0.29, 0.717) is 23.5 Å². The molecule has 0 bridgehead atoms. The fourth-order valence-corrected chi connectivity index (χ4v) is 5.18. The Kier molecular flexibility index (Phi) is 6.49. The quantitative estimate of drug-likeness (QED) is 0.681. The number of aryl methyl sites for hydroxylation is 2. The van der Waals surface area contributed by atoms with E-state index in [0.717, 1.165) is 11.1 Å². The molecule has 2 aromatic carbocycles. The van der Waals surface area contributed by atoms with E-state index in [1.165, 1.54) is 4.31 Å². The van der Waals surface area contributed by atoms with Gasteiger partial charge in [0.2, 0.25) is 15.9 Å². The minimum Gasteiger partial charge on any atom is -0.340 e. The monoisotopic (exact) mass is 414 g/mol. The first-order valence-electron chi connectivity index (χ1n) is 9.72. The summed E-state index contributed by atoms with van der Waals surface area (Å²) < 4.78 is 27.3. The van der Waals surface area contributed by atoms with Gasteiger partial charge in [0.1, 0.15) is 0 Å². The van der Waals surface area contributed by atoms with E-state index in [1.807, 2.05) is 19.1 Å². The van der Waals surface area contributed by atoms with E-state index in [4.69, 9.17) is 0 Å². The number of Topliss-reactive ketones (excluding diaryl/α,β-unsaturated/α-hetero) is 1. The maximum atomic E-state index is 12.9. The number of hydrogen-bond acceptors (Lipinski definition) is 4. The van der Waals surface area contributed by atoms with Crippen LogP contribution in [0.2, 0.25) is 0 Å². The maximum absolute atomic E-state index is 12.9. The van der Waals surface area contributed by atoms with E-state index in [-0.39, 0.29) is 37.6 Å². The van der Waals surface area contributed by atoms with Gasteiger partial charge in [-0.3, -0.25) is 9.59 Å². The van der Waals surface area contributed by atoms with Crippen molar-refractivity contribution in [1.82, 2.24) is 9.21 Å². The minimum atomic E-state index is -3.58. The van der Waals surface area contributed by atoms with Crippen LogP contribution in [-0.4, -0.2) is 55.5 Å². The lowest BCUT2D eigenvalue weighted by Crippen LogP contribution is -2.50. The highest BCUT2D eigenvalue weighted by molar-refractivity contribution is 7.89. The topological polar surface area (TPSA) is 74.8 Å². The van der Waals surface area contributed by atoms with Crippen LogP contribution in [0.1, 0.15) is 34.3 Å². The zero-order valence-corrected chi connectivity index (χ0v) is 17.6. The molecule has 6 nitrogen and oxygen atoms in total. The first-order valence-corrected chi connectivity index (χ1v) is 11.2. The zero-order valence-electron chi connectivity index (χ0n) is 16.8. The van der Waals surface area contributed by atoms with Crippen molar-refractivity contribution in [3.63, 3.8) is 0 Å². The van der Waals surface area contributed by atoms with Crippen LogP contribution >= 0.6 is 0 Å². The Bertz CT molecular complexity index is 995. The summed E-state index contributed by atoms with van der Waals surface area (Å²) in [4.78, 5) is 26.6. The third kappa shape index (κ3) is 4.92. The smallest absolute Gasteiger partial charge is 0.243 e. The molecule has 154 valence electrons. The van der Waals surface area contributed by atoms with Crippen LogP contribution in [0.4, 0.5) is 0 Å². The van der Waals surface area contributed by atoms with Gasteiger partial charge >= 0.3 is 0 Å². The second-order valence-electron chi connectivity index (χ2n) is 7.34. The number of benzene rings is 2. The van der Waals surface area contributed by atoms with Gasteiger partial charge in [0.15, 0.2) is 5.78 Å². The van der Waals surface area contributed by atoms with Gasteiger partial charge in [-0.2, -0.15) is 4.31 Å². The Labute approximate surface area is 172 Å². The zero-order chi connectivity index (χ0) is 21.0. The largest absolute Gasteiger partial charge is 0.340 e. The van der Waals surface area contributed by atoms with Crippen molar-refractivity contribution in [2.24, 2.45) is 0 Å². The van der Waals surface area contributed by atoms with Gasteiger partial charge in [-0.25, -0.2) is 8.42 Å². The summed E-state index contributed by atoms with van der Waals surface area (Å²) in [6.07, 6.45) is 0.293. The minimum absolute atomic E-state index is 0.0602. The number of piperazine rings is 1. The molecule has 0 aromatic heterocycles. The molecule has 0 spiro atoms. The van der Waals surface area contributed by atoms with Crippen molar-refractivity contribution >= 4 is 21.7 Å². The summed E-state index contributed by atoms with van der Waals surface area (Å²) in [5.41, 5.74) is 2.34. The Morgan fingerprint density at radius 1 is 0.897 bits per heavy atom. The molecule has 0 saturated carbocycles. The highest BCUT2D eigenvalue weighted by atomic mass is 32.2. The van der Waals surface area contributed by atoms with Crippen LogP contribution in [0.5, 0.6) is 0 Å². The number of rotatable bonds is 6. The summed E-state index contributed by atoms with van der Waals surface area (Å²) in [5, 5.41) is 0. The molecular weight excluding hydrogens is 388 g/mol. The standard InChI is InChI=1S/C22H26N2O4S/c1-17-8-10-21(18(2)16-17)29(27,28)24-14-12-23(13-15-24)22(26)11-9-20(25)19-6-4-3-5-7-19/h3-8,10,16H,9,11-15H2,1-2H3. The number of ketones is 1. The number of amides is 1. The summed E-state index contributed by atoms with van der Waals surface area (Å²) in [6, 6.07) is 14.2. The summed E-state index contributed by atoms with van der Waals surface area (Å²) in [6.45, 7) is 4.91. The predicted octanol–water partition coefficient (Wildman–Crippen LogP) is 2.80. The second-order valence-corrected chi connectivity index (χ2v) is 9.25. The van der Waals surface area contributed by atoms with Crippen molar-refractivity contribution in [2.75, 3.05) is 26.2 Å². The molecule has 7 heteroatoms. The summed E-state index contributed by atoms with van der Waals surface area (Å²) >= 11 is 0. The lowest BCUT2D eigenvalue weighted by atomic mass is 10.1. The fraction of sp³-hybridized carbons (Fsp3) is 0.364. The lowest BCUT2D eigenvalue weighted by Gasteiger charge is -2.34. The van der Waals surface area contributed by atoms with Crippen molar-refractivity contribution in [2.45, 2.75) is 31.6 Å². The highest BCUT2D eigenvalue weighted by Gasteiger charge is 2.31. The van der Waals surface area contributed by atoms with Crippen LogP contribution in [0, 0.1) is 13.8 Å². The fourth-order valence-electron chi connectivity index (χ4n) is 3.55. The third-order valence-electron chi connectivity index (χ3n) is 5.20. The van der Waals surface area contributed by atoms with E-state index in [9.17, 15) is 18.0 Å². The Hall–Kier alpha value is -2.51. The first-order chi connectivity index (χ1) is 13.8. The number of carbonyl (C=O) groups is 2. The van der Waals surface area contributed by atoms with Gasteiger partial charge in [0, 0.05) is 44.6 Å². The van der Waals surface area contributed by atoms with Crippen molar-refractivity contribution in [3.05, 3.63) is 65.2 Å². The molecule has 29 heavy (non-hydrogen) atoms. The van der Waals surface area contributed by atoms with E-state index < -0.39 is 10.0 Å². The van der Waals surface area contributed by atoms with Crippen molar-refractivity contribution in [1.29, 1.82) is 0 Å². The van der Waals surface area contributed by atoms with Crippen molar-refractivity contribution in [3.8, 4) is 0 Å². The molecular formula is C22H26N2O4S. The van der Waals surface area contributed by atoms with Gasteiger partial charge in [0.05, 0.1) is 4.90 Å². The number of nitrogens with zero attached hydrogens (tertiary/aromatic N) is 2. The molecule has 1 saturated heterocycles. The van der Waals surface area contributed by atoms with Gasteiger partial charge in [-0.05, 0) is 25.5 Å². The molecule has 0 radical (unpaired) electrons. The highest BCUT2D eigenvalue weighted by Crippen LogP contribution is 2.22. The maximum Gasteiger partial charge on any atom is 0.243 e. The van der Waals surface area contributed by atoms with Crippen LogP contribution in [0.15, 0.2) is 53.4 Å². The average molecular weight is 415 g/mol. The van der Waals surface area contributed by atoms with Crippen LogP contribution in [0.3, 0.4) is 0 Å². The molecule has 1 amide bonds. The molecule has 1 heterocycles. The summed E-state index contributed by atoms with van der Waals surface area (Å²) in [5.74, 6) is -0.173. The molecule has 0 N–H and O–H groups in total. The van der Waals surface area contributed by atoms with E-state index in [1.54, 1.807) is 48.2 Å². The Balaban J connectivity index is 1.55. The molecule has 0 unspecified atom stereocenters. The van der Waals surface area contributed by atoms with Crippen molar-refractivity contribution < 1.29 is 18.0 Å². The van der Waals surface area contributed by atoms with Gasteiger partial charge in [-0.15, -0.1) is 0 Å².